The molecule has 0 aliphatic carbocycles. The molecular formula is C27H24Cl2F3N5O3. The molecule has 3 aromatic carbocycles. The fraction of sp³-hybridized carbons (Fsp3) is 0.222. The molecule has 1 saturated heterocycles. The molecule has 8 nitrogen and oxygen atoms in total. The van der Waals surface area contributed by atoms with Crippen LogP contribution < -0.4 is 15.5 Å². The van der Waals surface area contributed by atoms with E-state index in [1.807, 2.05) is 4.90 Å². The summed E-state index contributed by atoms with van der Waals surface area (Å²) in [7, 11) is 1.62. The summed E-state index contributed by atoms with van der Waals surface area (Å²) in [6, 6.07) is 12.5. The highest BCUT2D eigenvalue weighted by Gasteiger charge is 2.35. The van der Waals surface area contributed by atoms with Crippen LogP contribution in [0.3, 0.4) is 0 Å². The molecule has 0 atom stereocenters. The molecule has 0 unspecified atom stereocenters. The molecule has 0 bridgehead atoms. The number of nitrogens with one attached hydrogen (secondary N) is 3. The van der Waals surface area contributed by atoms with Gasteiger partial charge in [-0.2, -0.15) is 13.2 Å². The van der Waals surface area contributed by atoms with Gasteiger partial charge >= 0.3 is 6.18 Å². The van der Waals surface area contributed by atoms with E-state index in [2.05, 4.69) is 20.6 Å². The van der Waals surface area contributed by atoms with Crippen LogP contribution in [0.4, 0.5) is 30.5 Å². The number of anilines is 3. The predicted octanol–water partition coefficient (Wildman–Crippen LogP) is 6.30. The Morgan fingerprint density at radius 3 is 2.45 bits per heavy atom. The molecule has 0 saturated carbocycles. The van der Waals surface area contributed by atoms with Gasteiger partial charge in [-0.1, -0.05) is 29.8 Å². The Balaban J connectivity index is 0.00000370. The van der Waals surface area contributed by atoms with E-state index in [0.29, 0.717) is 46.3 Å². The molecule has 2 heterocycles. The first kappa shape index (κ1) is 29.2. The Hall–Kier alpha value is -3.80. The Morgan fingerprint density at radius 2 is 1.75 bits per heavy atom. The molecule has 0 spiro atoms. The lowest BCUT2D eigenvalue weighted by molar-refractivity contribution is -0.137. The molecule has 40 heavy (non-hydrogen) atoms. The van der Waals surface area contributed by atoms with Crippen LogP contribution >= 0.6 is 24.0 Å². The Bertz CT molecular complexity index is 1590. The normalized spacial score (nSPS) is 13.5. The molecule has 1 aliphatic rings. The van der Waals surface area contributed by atoms with Gasteiger partial charge in [0.1, 0.15) is 5.52 Å². The van der Waals surface area contributed by atoms with Crippen LogP contribution in [-0.2, 0) is 10.9 Å². The smallest absolute Gasteiger partial charge is 0.378 e. The fourth-order valence-corrected chi connectivity index (χ4v) is 4.49. The van der Waals surface area contributed by atoms with E-state index in [-0.39, 0.29) is 29.8 Å². The van der Waals surface area contributed by atoms with Crippen LogP contribution in [0.1, 0.15) is 31.8 Å². The van der Waals surface area contributed by atoms with Crippen molar-refractivity contribution in [2.75, 3.05) is 35.7 Å². The summed E-state index contributed by atoms with van der Waals surface area (Å²) in [5, 5.41) is 5.78. The highest BCUT2D eigenvalue weighted by molar-refractivity contribution is 6.31. The van der Waals surface area contributed by atoms with Crippen molar-refractivity contribution in [2.45, 2.75) is 19.2 Å². The summed E-state index contributed by atoms with van der Waals surface area (Å²) >= 11 is 6.20. The number of carbonyl (C=O) groups excluding carboxylic acids is 2. The first-order valence-electron chi connectivity index (χ1n) is 11.9. The van der Waals surface area contributed by atoms with E-state index >= 15 is 0 Å². The van der Waals surface area contributed by atoms with Crippen molar-refractivity contribution in [1.29, 1.82) is 0 Å². The van der Waals surface area contributed by atoms with Gasteiger partial charge in [-0.25, -0.2) is 4.98 Å². The molecule has 2 amide bonds. The first-order valence-corrected chi connectivity index (χ1v) is 12.3. The summed E-state index contributed by atoms with van der Waals surface area (Å²) < 4.78 is 45.8. The number of carbonyl (C=O) groups is 2. The third kappa shape index (κ3) is 5.72. The van der Waals surface area contributed by atoms with Gasteiger partial charge in [0, 0.05) is 36.6 Å². The van der Waals surface area contributed by atoms with E-state index in [4.69, 9.17) is 16.3 Å². The second kappa shape index (κ2) is 11.4. The molecule has 0 radical (unpaired) electrons. The number of rotatable bonds is 6. The SMILES string of the molecule is COC1CN(c2nc3c(C(=O)Nc4cccc(Cl)c4C)cc(NC(=O)c4ccccc4C(F)(F)F)cc3[nH]2)C1.Cl. The lowest BCUT2D eigenvalue weighted by Gasteiger charge is -2.37. The van der Waals surface area contributed by atoms with Gasteiger partial charge in [0.15, 0.2) is 0 Å². The Kier molecular flexibility index (Phi) is 8.29. The van der Waals surface area contributed by atoms with Crippen LogP contribution in [-0.4, -0.2) is 48.1 Å². The fourth-order valence-electron chi connectivity index (χ4n) is 4.32. The topological polar surface area (TPSA) is 99.3 Å². The molecule has 1 aliphatic heterocycles. The Morgan fingerprint density at radius 1 is 1.05 bits per heavy atom. The van der Waals surface area contributed by atoms with Crippen molar-refractivity contribution in [3.05, 3.63) is 81.9 Å². The molecule has 210 valence electrons. The zero-order valence-electron chi connectivity index (χ0n) is 21.2. The standard InChI is InChI=1S/C27H23ClF3N5O3.ClH/c1-14-20(28)8-5-9-21(14)33-25(38)18-10-15(32-24(37)17-6-3-4-7-19(17)27(29,30)31)11-22-23(18)35-26(34-22)36-12-16(13-36)39-2;/h3-11,16H,12-13H2,1-2H3,(H,32,37)(H,33,38)(H,34,35);1H. The second-order valence-corrected chi connectivity index (χ2v) is 9.51. The largest absolute Gasteiger partial charge is 0.417 e. The number of aromatic nitrogens is 2. The van der Waals surface area contributed by atoms with Crippen molar-refractivity contribution >= 4 is 64.2 Å². The van der Waals surface area contributed by atoms with E-state index in [9.17, 15) is 22.8 Å². The van der Waals surface area contributed by atoms with Gasteiger partial charge in [0.05, 0.1) is 28.3 Å². The summed E-state index contributed by atoms with van der Waals surface area (Å²) in [5.41, 5.74) is 0.511. The quantitative estimate of drug-likeness (QED) is 0.243. The lowest BCUT2D eigenvalue weighted by Crippen LogP contribution is -2.52. The van der Waals surface area contributed by atoms with Crippen LogP contribution in [0.2, 0.25) is 5.02 Å². The first-order chi connectivity index (χ1) is 18.5. The number of ether oxygens (including phenoxy) is 1. The Labute approximate surface area is 238 Å². The van der Waals surface area contributed by atoms with Crippen molar-refractivity contribution in [1.82, 2.24) is 9.97 Å². The van der Waals surface area contributed by atoms with Gasteiger partial charge in [-0.15, -0.1) is 12.4 Å². The maximum atomic E-state index is 13.5. The van der Waals surface area contributed by atoms with E-state index < -0.39 is 29.1 Å². The predicted molar refractivity (Wildman–Crippen MR) is 150 cm³/mol. The highest BCUT2D eigenvalue weighted by Crippen LogP contribution is 2.33. The van der Waals surface area contributed by atoms with Crippen molar-refractivity contribution in [2.24, 2.45) is 0 Å². The minimum atomic E-state index is -4.71. The lowest BCUT2D eigenvalue weighted by atomic mass is 10.1. The monoisotopic (exact) mass is 593 g/mol. The van der Waals surface area contributed by atoms with E-state index in [1.54, 1.807) is 32.2 Å². The van der Waals surface area contributed by atoms with E-state index in [0.717, 1.165) is 12.1 Å². The average molecular weight is 594 g/mol. The molecule has 5 rings (SSSR count). The number of amides is 2. The number of methoxy groups -OCH3 is 1. The molecule has 13 heteroatoms. The van der Waals surface area contributed by atoms with E-state index in [1.165, 1.54) is 24.3 Å². The minimum absolute atomic E-state index is 0. The van der Waals surface area contributed by atoms with Gasteiger partial charge in [-0.05, 0) is 48.9 Å². The molecule has 1 fully saturated rings. The minimum Gasteiger partial charge on any atom is -0.378 e. The van der Waals surface area contributed by atoms with Gasteiger partial charge in [0.2, 0.25) is 5.95 Å². The number of alkyl halides is 3. The summed E-state index contributed by atoms with van der Waals surface area (Å²) in [5.74, 6) is -1.00. The number of fused-ring (bicyclic) bond motifs is 1. The van der Waals surface area contributed by atoms with Crippen LogP contribution in [0, 0.1) is 6.92 Å². The number of halogens is 5. The number of imidazole rings is 1. The summed E-state index contributed by atoms with van der Waals surface area (Å²) in [6.45, 7) is 2.94. The third-order valence-electron chi connectivity index (χ3n) is 6.55. The van der Waals surface area contributed by atoms with Crippen LogP contribution in [0.5, 0.6) is 0 Å². The maximum absolute atomic E-state index is 13.5. The summed E-state index contributed by atoms with van der Waals surface area (Å²) in [4.78, 5) is 36.0. The maximum Gasteiger partial charge on any atom is 0.417 e. The molecule has 3 N–H and O–H groups in total. The van der Waals surface area contributed by atoms with Gasteiger partial charge < -0.3 is 25.3 Å². The van der Waals surface area contributed by atoms with Crippen molar-refractivity contribution in [3.8, 4) is 0 Å². The third-order valence-corrected chi connectivity index (χ3v) is 6.96. The van der Waals surface area contributed by atoms with Crippen molar-refractivity contribution < 1.29 is 27.5 Å². The van der Waals surface area contributed by atoms with Gasteiger partial charge in [0.25, 0.3) is 11.8 Å². The average Bonchev–Trinajstić information content (AvgIpc) is 3.28. The summed E-state index contributed by atoms with van der Waals surface area (Å²) in [6.07, 6.45) is -4.66. The number of benzene rings is 3. The highest BCUT2D eigenvalue weighted by atomic mass is 35.5. The van der Waals surface area contributed by atoms with Crippen LogP contribution in [0.15, 0.2) is 54.6 Å². The number of nitrogens with zero attached hydrogens (tertiary/aromatic N) is 2. The van der Waals surface area contributed by atoms with Crippen LogP contribution in [0.25, 0.3) is 11.0 Å². The number of hydrogen-bond donors (Lipinski definition) is 3. The molecular weight excluding hydrogens is 570 g/mol. The number of H-pyrrole nitrogens is 1. The molecule has 1 aromatic heterocycles. The number of aromatic amines is 1. The number of hydrogen-bond acceptors (Lipinski definition) is 5. The van der Waals surface area contributed by atoms with Gasteiger partial charge in [-0.3, -0.25) is 9.59 Å². The molecule has 4 aromatic rings. The zero-order valence-corrected chi connectivity index (χ0v) is 22.8. The zero-order chi connectivity index (χ0) is 27.9. The van der Waals surface area contributed by atoms with Crippen molar-refractivity contribution in [3.63, 3.8) is 0 Å². The second-order valence-electron chi connectivity index (χ2n) is 9.11.